The fourth-order valence-electron chi connectivity index (χ4n) is 2.59. The molecule has 0 spiro atoms. The van der Waals surface area contributed by atoms with Gasteiger partial charge in [-0.1, -0.05) is 23.3 Å². The van der Waals surface area contributed by atoms with Gasteiger partial charge in [0.2, 0.25) is 5.95 Å². The molecule has 1 aliphatic rings. The second-order valence-corrected chi connectivity index (χ2v) is 5.22. The number of benzene rings is 1. The number of tetrazole rings is 1. The van der Waals surface area contributed by atoms with Crippen molar-refractivity contribution in [2.24, 2.45) is 0 Å². The van der Waals surface area contributed by atoms with Crippen molar-refractivity contribution in [3.63, 3.8) is 0 Å². The van der Waals surface area contributed by atoms with E-state index in [4.69, 9.17) is 0 Å². The molecule has 1 N–H and O–H groups in total. The van der Waals surface area contributed by atoms with Crippen LogP contribution in [-0.2, 0) is 0 Å². The highest BCUT2D eigenvalue weighted by atomic mass is 15.6. The van der Waals surface area contributed by atoms with Gasteiger partial charge < -0.3 is 5.32 Å². The van der Waals surface area contributed by atoms with E-state index in [0.29, 0.717) is 12.0 Å². The maximum atomic E-state index is 4.06. The van der Waals surface area contributed by atoms with E-state index in [9.17, 15) is 0 Å². The fourth-order valence-corrected chi connectivity index (χ4v) is 2.59. The van der Waals surface area contributed by atoms with Gasteiger partial charge in [0, 0.05) is 12.6 Å². The number of aromatic nitrogens is 4. The molecule has 0 amide bonds. The SMILES string of the molecule is CC(CNc1nnnn1-c1ccccc1)N1CCCC1. The van der Waals surface area contributed by atoms with E-state index in [1.807, 2.05) is 30.3 Å². The lowest BCUT2D eigenvalue weighted by molar-refractivity contribution is 0.269. The van der Waals surface area contributed by atoms with Crippen molar-refractivity contribution in [3.05, 3.63) is 30.3 Å². The molecular formula is C14H20N6. The molecule has 0 aliphatic carbocycles. The smallest absolute Gasteiger partial charge is 0.247 e. The van der Waals surface area contributed by atoms with E-state index in [0.717, 1.165) is 12.2 Å². The second kappa shape index (κ2) is 6.00. The topological polar surface area (TPSA) is 58.9 Å². The first-order chi connectivity index (χ1) is 9.84. The summed E-state index contributed by atoms with van der Waals surface area (Å²) in [6.45, 7) is 5.50. The van der Waals surface area contributed by atoms with Crippen molar-refractivity contribution in [1.29, 1.82) is 0 Å². The Hall–Kier alpha value is -1.95. The van der Waals surface area contributed by atoms with Crippen molar-refractivity contribution >= 4 is 5.95 Å². The van der Waals surface area contributed by atoms with E-state index >= 15 is 0 Å². The minimum atomic E-state index is 0.499. The third-order valence-corrected chi connectivity index (χ3v) is 3.79. The average Bonchev–Trinajstić information content (AvgIpc) is 3.17. The van der Waals surface area contributed by atoms with Gasteiger partial charge in [-0.05, 0) is 55.4 Å². The molecule has 1 fully saturated rings. The molecule has 20 heavy (non-hydrogen) atoms. The van der Waals surface area contributed by atoms with E-state index < -0.39 is 0 Å². The molecule has 2 heterocycles. The monoisotopic (exact) mass is 272 g/mol. The van der Waals surface area contributed by atoms with Crippen LogP contribution in [0.25, 0.3) is 5.69 Å². The molecule has 0 bridgehead atoms. The molecule has 1 saturated heterocycles. The minimum absolute atomic E-state index is 0.499. The number of hydrogen-bond acceptors (Lipinski definition) is 5. The quantitative estimate of drug-likeness (QED) is 0.895. The zero-order valence-corrected chi connectivity index (χ0v) is 11.7. The van der Waals surface area contributed by atoms with Crippen LogP contribution < -0.4 is 5.32 Å². The Bertz CT molecular complexity index is 532. The van der Waals surface area contributed by atoms with Crippen LogP contribution in [-0.4, -0.2) is 50.8 Å². The average molecular weight is 272 g/mol. The number of rotatable bonds is 5. The standard InChI is InChI=1S/C14H20N6/c1-12(19-9-5-6-10-19)11-15-14-16-17-18-20(14)13-7-3-2-4-8-13/h2-4,7-8,12H,5-6,9-11H2,1H3,(H,15,16,18). The van der Waals surface area contributed by atoms with Crippen molar-refractivity contribution < 1.29 is 0 Å². The normalized spacial score (nSPS) is 17.2. The second-order valence-electron chi connectivity index (χ2n) is 5.22. The molecule has 1 aliphatic heterocycles. The Kier molecular flexibility index (Phi) is 3.92. The van der Waals surface area contributed by atoms with Crippen LogP contribution >= 0.6 is 0 Å². The predicted molar refractivity (Wildman–Crippen MR) is 77.9 cm³/mol. The summed E-state index contributed by atoms with van der Waals surface area (Å²) in [5, 5.41) is 15.2. The first kappa shape index (κ1) is 13.1. The number of hydrogen-bond donors (Lipinski definition) is 1. The zero-order chi connectivity index (χ0) is 13.8. The van der Waals surface area contributed by atoms with E-state index in [1.54, 1.807) is 4.68 Å². The molecular weight excluding hydrogens is 252 g/mol. The van der Waals surface area contributed by atoms with Crippen molar-refractivity contribution in [2.75, 3.05) is 25.0 Å². The molecule has 1 atom stereocenters. The Morgan fingerprint density at radius 3 is 2.70 bits per heavy atom. The third kappa shape index (κ3) is 2.80. The third-order valence-electron chi connectivity index (χ3n) is 3.79. The summed E-state index contributed by atoms with van der Waals surface area (Å²) < 4.78 is 1.73. The van der Waals surface area contributed by atoms with Gasteiger partial charge in [0.05, 0.1) is 5.69 Å². The minimum Gasteiger partial charge on any atom is -0.351 e. The van der Waals surface area contributed by atoms with Gasteiger partial charge in [0.25, 0.3) is 0 Å². The zero-order valence-electron chi connectivity index (χ0n) is 11.7. The summed E-state index contributed by atoms with van der Waals surface area (Å²) in [4.78, 5) is 2.50. The summed E-state index contributed by atoms with van der Waals surface area (Å²) in [6.07, 6.45) is 2.62. The number of para-hydroxylation sites is 1. The van der Waals surface area contributed by atoms with E-state index in [1.165, 1.54) is 25.9 Å². The van der Waals surface area contributed by atoms with Crippen LogP contribution in [0.1, 0.15) is 19.8 Å². The highest BCUT2D eigenvalue weighted by Gasteiger charge is 2.18. The maximum absolute atomic E-state index is 4.06. The summed E-state index contributed by atoms with van der Waals surface area (Å²) >= 11 is 0. The lowest BCUT2D eigenvalue weighted by atomic mass is 10.3. The van der Waals surface area contributed by atoms with Crippen LogP contribution in [0.4, 0.5) is 5.95 Å². The molecule has 1 unspecified atom stereocenters. The summed E-state index contributed by atoms with van der Waals surface area (Å²) in [6, 6.07) is 10.4. The maximum Gasteiger partial charge on any atom is 0.247 e. The van der Waals surface area contributed by atoms with Gasteiger partial charge in [-0.25, -0.2) is 0 Å². The first-order valence-electron chi connectivity index (χ1n) is 7.16. The fraction of sp³-hybridized carbons (Fsp3) is 0.500. The van der Waals surface area contributed by atoms with Crippen LogP contribution in [0.15, 0.2) is 30.3 Å². The lowest BCUT2D eigenvalue weighted by Gasteiger charge is -2.23. The highest BCUT2D eigenvalue weighted by molar-refractivity contribution is 5.38. The van der Waals surface area contributed by atoms with Crippen LogP contribution in [0.5, 0.6) is 0 Å². The van der Waals surface area contributed by atoms with Gasteiger partial charge in [0.1, 0.15) is 0 Å². The summed E-state index contributed by atoms with van der Waals surface area (Å²) in [7, 11) is 0. The predicted octanol–water partition coefficient (Wildman–Crippen LogP) is 1.56. The molecule has 3 rings (SSSR count). The van der Waals surface area contributed by atoms with E-state index in [-0.39, 0.29) is 0 Å². The Morgan fingerprint density at radius 1 is 1.20 bits per heavy atom. The van der Waals surface area contributed by atoms with Crippen molar-refractivity contribution in [2.45, 2.75) is 25.8 Å². The molecule has 6 nitrogen and oxygen atoms in total. The summed E-state index contributed by atoms with van der Waals surface area (Å²) in [5.74, 6) is 0.697. The van der Waals surface area contributed by atoms with Crippen LogP contribution in [0.2, 0.25) is 0 Å². The molecule has 0 saturated carbocycles. The van der Waals surface area contributed by atoms with Crippen molar-refractivity contribution in [1.82, 2.24) is 25.1 Å². The molecule has 2 aromatic rings. The van der Waals surface area contributed by atoms with Gasteiger partial charge in [-0.3, -0.25) is 4.90 Å². The Morgan fingerprint density at radius 2 is 1.95 bits per heavy atom. The number of anilines is 1. The van der Waals surface area contributed by atoms with Gasteiger partial charge >= 0.3 is 0 Å². The molecule has 1 aromatic carbocycles. The number of likely N-dealkylation sites (tertiary alicyclic amines) is 1. The number of nitrogens with zero attached hydrogens (tertiary/aromatic N) is 5. The van der Waals surface area contributed by atoms with Gasteiger partial charge in [0.15, 0.2) is 0 Å². The lowest BCUT2D eigenvalue weighted by Crippen LogP contribution is -2.36. The van der Waals surface area contributed by atoms with Crippen molar-refractivity contribution in [3.8, 4) is 5.69 Å². The molecule has 106 valence electrons. The first-order valence-corrected chi connectivity index (χ1v) is 7.16. The van der Waals surface area contributed by atoms with E-state index in [2.05, 4.69) is 32.7 Å². The Labute approximate surface area is 118 Å². The summed E-state index contributed by atoms with van der Waals surface area (Å²) in [5.41, 5.74) is 0.967. The molecule has 1 aromatic heterocycles. The number of nitrogens with one attached hydrogen (secondary N) is 1. The molecule has 0 radical (unpaired) electrons. The largest absolute Gasteiger partial charge is 0.351 e. The highest BCUT2D eigenvalue weighted by Crippen LogP contribution is 2.13. The van der Waals surface area contributed by atoms with Gasteiger partial charge in [-0.15, -0.1) is 0 Å². The Balaban J connectivity index is 1.65. The van der Waals surface area contributed by atoms with Gasteiger partial charge in [-0.2, -0.15) is 4.68 Å². The van der Waals surface area contributed by atoms with Crippen LogP contribution in [0.3, 0.4) is 0 Å². The van der Waals surface area contributed by atoms with Crippen LogP contribution in [0, 0.1) is 0 Å². The molecule has 6 heteroatoms.